The second-order valence-corrected chi connectivity index (χ2v) is 5.98. The molecule has 0 heterocycles. The van der Waals surface area contributed by atoms with Gasteiger partial charge in [-0.2, -0.15) is 0 Å². The molecular formula is C16H14BrClO. The number of rotatable bonds is 3. The van der Waals surface area contributed by atoms with Crippen LogP contribution in [0.5, 0.6) is 0 Å². The molecule has 0 saturated heterocycles. The number of carbonyl (C=O) groups excluding carboxylic acids is 1. The first-order chi connectivity index (χ1) is 8.97. The number of benzene rings is 2. The monoisotopic (exact) mass is 336 g/mol. The molecule has 0 aromatic heterocycles. The standard InChI is InChI=1S/C16H14BrClO/c1-10-3-6-14(11(2)7-10)16(19)8-12-4-5-13(17)9-15(12)18/h3-7,9H,8H2,1-2H3. The third-order valence-corrected chi connectivity index (χ3v) is 3.89. The van der Waals surface area contributed by atoms with Gasteiger partial charge in [-0.15, -0.1) is 0 Å². The smallest absolute Gasteiger partial charge is 0.167 e. The maximum Gasteiger partial charge on any atom is 0.167 e. The van der Waals surface area contributed by atoms with Gasteiger partial charge in [0.25, 0.3) is 0 Å². The molecule has 0 atom stereocenters. The van der Waals surface area contributed by atoms with Crippen molar-refractivity contribution in [1.82, 2.24) is 0 Å². The Bertz CT molecular complexity index is 635. The number of aryl methyl sites for hydroxylation is 2. The number of Topliss-reactive ketones (excluding diaryl/α,β-unsaturated/α-hetero) is 1. The average Bonchev–Trinajstić information content (AvgIpc) is 2.32. The molecule has 0 aliphatic carbocycles. The number of ketones is 1. The summed E-state index contributed by atoms with van der Waals surface area (Å²) in [6, 6.07) is 11.5. The summed E-state index contributed by atoms with van der Waals surface area (Å²) in [6.45, 7) is 3.98. The van der Waals surface area contributed by atoms with Crippen LogP contribution in [-0.4, -0.2) is 5.78 Å². The number of halogens is 2. The first kappa shape index (κ1) is 14.3. The van der Waals surface area contributed by atoms with E-state index in [1.54, 1.807) is 0 Å². The van der Waals surface area contributed by atoms with E-state index in [0.717, 1.165) is 26.7 Å². The van der Waals surface area contributed by atoms with Crippen LogP contribution < -0.4 is 0 Å². The van der Waals surface area contributed by atoms with E-state index in [9.17, 15) is 4.79 Å². The van der Waals surface area contributed by atoms with Crippen LogP contribution in [0.4, 0.5) is 0 Å². The fraction of sp³-hybridized carbons (Fsp3) is 0.188. The Hall–Kier alpha value is -1.12. The van der Waals surface area contributed by atoms with Crippen LogP contribution >= 0.6 is 27.5 Å². The summed E-state index contributed by atoms with van der Waals surface area (Å²) in [5.74, 6) is 0.0988. The molecule has 19 heavy (non-hydrogen) atoms. The Morgan fingerprint density at radius 1 is 1.16 bits per heavy atom. The Labute approximate surface area is 126 Å². The molecule has 0 radical (unpaired) electrons. The number of hydrogen-bond donors (Lipinski definition) is 0. The van der Waals surface area contributed by atoms with Gasteiger partial charge in [-0.3, -0.25) is 4.79 Å². The zero-order chi connectivity index (χ0) is 14.0. The van der Waals surface area contributed by atoms with Crippen molar-refractivity contribution in [1.29, 1.82) is 0 Å². The largest absolute Gasteiger partial charge is 0.294 e. The summed E-state index contributed by atoms with van der Waals surface area (Å²) in [4.78, 5) is 12.3. The van der Waals surface area contributed by atoms with Crippen LogP contribution in [0.1, 0.15) is 27.0 Å². The highest BCUT2D eigenvalue weighted by Crippen LogP contribution is 2.23. The minimum Gasteiger partial charge on any atom is -0.294 e. The van der Waals surface area contributed by atoms with Crippen LogP contribution in [0.2, 0.25) is 5.02 Å². The Morgan fingerprint density at radius 2 is 1.89 bits per heavy atom. The first-order valence-electron chi connectivity index (χ1n) is 6.02. The summed E-state index contributed by atoms with van der Waals surface area (Å²) in [6.07, 6.45) is 0.329. The molecule has 1 nitrogen and oxygen atoms in total. The molecule has 3 heteroatoms. The van der Waals surface area contributed by atoms with Crippen molar-refractivity contribution in [3.8, 4) is 0 Å². The molecule has 98 valence electrons. The van der Waals surface area contributed by atoms with Gasteiger partial charge in [-0.25, -0.2) is 0 Å². The topological polar surface area (TPSA) is 17.1 Å². The molecule has 0 bridgehead atoms. The van der Waals surface area contributed by atoms with E-state index in [4.69, 9.17) is 11.6 Å². The molecule has 0 spiro atoms. The van der Waals surface area contributed by atoms with Crippen molar-refractivity contribution >= 4 is 33.3 Å². The normalized spacial score (nSPS) is 10.5. The highest BCUT2D eigenvalue weighted by molar-refractivity contribution is 9.10. The second-order valence-electron chi connectivity index (χ2n) is 4.65. The van der Waals surface area contributed by atoms with Crippen molar-refractivity contribution in [2.45, 2.75) is 20.3 Å². The maximum atomic E-state index is 12.3. The fourth-order valence-corrected chi connectivity index (χ4v) is 2.80. The van der Waals surface area contributed by atoms with E-state index < -0.39 is 0 Å². The first-order valence-corrected chi connectivity index (χ1v) is 7.19. The molecular weight excluding hydrogens is 324 g/mol. The molecule has 2 rings (SSSR count). The SMILES string of the molecule is Cc1ccc(C(=O)Cc2ccc(Br)cc2Cl)c(C)c1. The van der Waals surface area contributed by atoms with Crippen molar-refractivity contribution in [2.75, 3.05) is 0 Å². The van der Waals surface area contributed by atoms with Crippen molar-refractivity contribution in [2.24, 2.45) is 0 Å². The molecule has 0 amide bonds. The van der Waals surface area contributed by atoms with Gasteiger partial charge in [0, 0.05) is 21.5 Å². The molecule has 0 aliphatic rings. The Morgan fingerprint density at radius 3 is 2.53 bits per heavy atom. The van der Waals surface area contributed by atoms with Gasteiger partial charge in [0.1, 0.15) is 0 Å². The van der Waals surface area contributed by atoms with Gasteiger partial charge in [-0.05, 0) is 37.1 Å². The van der Waals surface area contributed by atoms with Gasteiger partial charge in [0.05, 0.1) is 0 Å². The Kier molecular flexibility index (Phi) is 4.43. The van der Waals surface area contributed by atoms with Gasteiger partial charge >= 0.3 is 0 Å². The van der Waals surface area contributed by atoms with E-state index >= 15 is 0 Å². The van der Waals surface area contributed by atoms with Gasteiger partial charge in [-0.1, -0.05) is 57.4 Å². The van der Waals surface area contributed by atoms with Crippen molar-refractivity contribution in [3.05, 3.63) is 68.1 Å². The van der Waals surface area contributed by atoms with Crippen molar-refractivity contribution in [3.63, 3.8) is 0 Å². The predicted molar refractivity (Wildman–Crippen MR) is 83.1 cm³/mol. The lowest BCUT2D eigenvalue weighted by Gasteiger charge is -2.07. The quantitative estimate of drug-likeness (QED) is 0.708. The summed E-state index contributed by atoms with van der Waals surface area (Å²) in [5.41, 5.74) is 3.80. The number of carbonyl (C=O) groups is 1. The highest BCUT2D eigenvalue weighted by Gasteiger charge is 2.12. The maximum absolute atomic E-state index is 12.3. The minimum absolute atomic E-state index is 0.0988. The van der Waals surface area contributed by atoms with Gasteiger partial charge < -0.3 is 0 Å². The summed E-state index contributed by atoms with van der Waals surface area (Å²) >= 11 is 9.50. The lowest BCUT2D eigenvalue weighted by molar-refractivity contribution is 0.0992. The third-order valence-electron chi connectivity index (χ3n) is 3.05. The second kappa shape index (κ2) is 5.89. The lowest BCUT2D eigenvalue weighted by Crippen LogP contribution is -2.06. The zero-order valence-electron chi connectivity index (χ0n) is 10.8. The molecule has 0 unspecified atom stereocenters. The summed E-state index contributed by atoms with van der Waals surface area (Å²) in [7, 11) is 0. The average molecular weight is 338 g/mol. The molecule has 0 aliphatic heterocycles. The van der Waals surface area contributed by atoms with Crippen LogP contribution in [0.15, 0.2) is 40.9 Å². The molecule has 2 aromatic carbocycles. The molecule has 2 aromatic rings. The minimum atomic E-state index is 0.0988. The lowest BCUT2D eigenvalue weighted by atomic mass is 9.98. The van der Waals surface area contributed by atoms with E-state index in [2.05, 4.69) is 15.9 Å². The van der Waals surface area contributed by atoms with E-state index in [-0.39, 0.29) is 5.78 Å². The van der Waals surface area contributed by atoms with E-state index in [0.29, 0.717) is 11.4 Å². The van der Waals surface area contributed by atoms with E-state index in [1.807, 2.05) is 50.2 Å². The highest BCUT2D eigenvalue weighted by atomic mass is 79.9. The van der Waals surface area contributed by atoms with Gasteiger partial charge in [0.2, 0.25) is 0 Å². The van der Waals surface area contributed by atoms with Crippen LogP contribution in [0, 0.1) is 13.8 Å². The molecule has 0 fully saturated rings. The van der Waals surface area contributed by atoms with Crippen LogP contribution in [0.25, 0.3) is 0 Å². The summed E-state index contributed by atoms with van der Waals surface area (Å²) < 4.78 is 0.917. The number of hydrogen-bond acceptors (Lipinski definition) is 1. The molecule has 0 N–H and O–H groups in total. The van der Waals surface area contributed by atoms with Gasteiger partial charge in [0.15, 0.2) is 5.78 Å². The van der Waals surface area contributed by atoms with Crippen molar-refractivity contribution < 1.29 is 4.79 Å². The summed E-state index contributed by atoms with van der Waals surface area (Å²) in [5, 5.41) is 0.618. The van der Waals surface area contributed by atoms with Crippen LogP contribution in [0.3, 0.4) is 0 Å². The van der Waals surface area contributed by atoms with E-state index in [1.165, 1.54) is 0 Å². The van der Waals surface area contributed by atoms with Crippen LogP contribution in [-0.2, 0) is 6.42 Å². The Balaban J connectivity index is 2.25. The molecule has 0 saturated carbocycles. The third kappa shape index (κ3) is 3.46. The zero-order valence-corrected chi connectivity index (χ0v) is 13.2. The fourth-order valence-electron chi connectivity index (χ4n) is 2.06. The predicted octanol–water partition coefficient (Wildman–Crippen LogP) is 5.14.